The van der Waals surface area contributed by atoms with E-state index in [1.807, 2.05) is 30.5 Å². The Bertz CT molecular complexity index is 989. The van der Waals surface area contributed by atoms with Crippen LogP contribution in [0.5, 0.6) is 11.5 Å². The SMILES string of the molecule is c1ccc2c(c1)Cc1ccccc1O2.c1ccc2c(c1)Cc1ncncc1-2. The van der Waals surface area contributed by atoms with Gasteiger partial charge in [-0.1, -0.05) is 60.7 Å². The van der Waals surface area contributed by atoms with Crippen molar-refractivity contribution in [3.63, 3.8) is 0 Å². The van der Waals surface area contributed by atoms with Crippen molar-refractivity contribution >= 4 is 0 Å². The predicted molar refractivity (Wildman–Crippen MR) is 106 cm³/mol. The summed E-state index contributed by atoms with van der Waals surface area (Å²) in [5.41, 5.74) is 7.53. The van der Waals surface area contributed by atoms with Gasteiger partial charge in [0.1, 0.15) is 17.8 Å². The van der Waals surface area contributed by atoms with Crippen molar-refractivity contribution in [2.24, 2.45) is 0 Å². The Hall–Kier alpha value is -3.46. The van der Waals surface area contributed by atoms with Gasteiger partial charge >= 0.3 is 0 Å². The van der Waals surface area contributed by atoms with Gasteiger partial charge < -0.3 is 4.74 Å². The average molecular weight is 350 g/mol. The minimum absolute atomic E-state index is 0.952. The zero-order valence-corrected chi connectivity index (χ0v) is 14.8. The largest absolute Gasteiger partial charge is 0.457 e. The number of aromatic nitrogens is 2. The number of benzene rings is 3. The molecule has 3 heteroatoms. The third kappa shape index (κ3) is 2.97. The van der Waals surface area contributed by atoms with E-state index < -0.39 is 0 Å². The van der Waals surface area contributed by atoms with E-state index in [0.29, 0.717) is 0 Å². The lowest BCUT2D eigenvalue weighted by Crippen LogP contribution is -2.01. The Kier molecular flexibility index (Phi) is 3.91. The molecule has 3 aromatic carbocycles. The van der Waals surface area contributed by atoms with Crippen LogP contribution in [0.4, 0.5) is 0 Å². The summed E-state index contributed by atoms with van der Waals surface area (Å²) in [5.74, 6) is 1.98. The van der Waals surface area contributed by atoms with Crippen molar-refractivity contribution in [3.8, 4) is 22.6 Å². The second-order valence-corrected chi connectivity index (χ2v) is 6.71. The molecule has 0 saturated carbocycles. The molecule has 0 spiro atoms. The van der Waals surface area contributed by atoms with Crippen LogP contribution in [0, 0.1) is 0 Å². The Morgan fingerprint density at radius 2 is 1.26 bits per heavy atom. The summed E-state index contributed by atoms with van der Waals surface area (Å²) in [6.45, 7) is 0. The van der Waals surface area contributed by atoms with Gasteiger partial charge in [-0.25, -0.2) is 9.97 Å². The smallest absolute Gasteiger partial charge is 0.130 e. The van der Waals surface area contributed by atoms with Gasteiger partial charge in [0.2, 0.25) is 0 Å². The van der Waals surface area contributed by atoms with E-state index >= 15 is 0 Å². The number of hydrogen-bond donors (Lipinski definition) is 0. The second kappa shape index (κ2) is 6.69. The predicted octanol–water partition coefficient (Wildman–Crippen LogP) is 5.43. The van der Waals surface area contributed by atoms with Crippen LogP contribution >= 0.6 is 0 Å². The van der Waals surface area contributed by atoms with E-state index in [9.17, 15) is 0 Å². The lowest BCUT2D eigenvalue weighted by molar-refractivity contribution is 0.460. The molecule has 0 saturated heterocycles. The van der Waals surface area contributed by atoms with Gasteiger partial charge in [0.05, 0.1) is 5.69 Å². The van der Waals surface area contributed by atoms with Crippen LogP contribution in [0.3, 0.4) is 0 Å². The number of para-hydroxylation sites is 2. The fourth-order valence-electron chi connectivity index (χ4n) is 3.66. The molecule has 1 aliphatic carbocycles. The Morgan fingerprint density at radius 1 is 0.630 bits per heavy atom. The minimum Gasteiger partial charge on any atom is -0.457 e. The van der Waals surface area contributed by atoms with Crippen molar-refractivity contribution in [2.75, 3.05) is 0 Å². The minimum atomic E-state index is 0.952. The quantitative estimate of drug-likeness (QED) is 0.366. The molecule has 0 bridgehead atoms. The molecule has 0 unspecified atom stereocenters. The molecule has 1 aromatic heterocycles. The molecule has 0 radical (unpaired) electrons. The Labute approximate surface area is 158 Å². The van der Waals surface area contributed by atoms with Gasteiger partial charge in [-0.05, 0) is 34.4 Å². The third-order valence-electron chi connectivity index (χ3n) is 5.01. The highest BCUT2D eigenvalue weighted by Gasteiger charge is 2.18. The van der Waals surface area contributed by atoms with Crippen molar-refractivity contribution < 1.29 is 4.74 Å². The van der Waals surface area contributed by atoms with Crippen molar-refractivity contribution in [3.05, 3.63) is 108 Å². The van der Waals surface area contributed by atoms with Crippen LogP contribution in [0.25, 0.3) is 11.1 Å². The molecule has 3 nitrogen and oxygen atoms in total. The highest BCUT2D eigenvalue weighted by Crippen LogP contribution is 2.36. The van der Waals surface area contributed by atoms with Crippen LogP contribution in [0.2, 0.25) is 0 Å². The van der Waals surface area contributed by atoms with E-state index in [2.05, 4.69) is 58.5 Å². The molecular formula is C24H18N2O. The number of rotatable bonds is 0. The van der Waals surface area contributed by atoms with Crippen molar-refractivity contribution in [2.45, 2.75) is 12.8 Å². The highest BCUT2D eigenvalue weighted by atomic mass is 16.5. The van der Waals surface area contributed by atoms with Gasteiger partial charge in [0, 0.05) is 24.6 Å². The van der Waals surface area contributed by atoms with E-state index in [1.54, 1.807) is 6.33 Å². The first-order valence-corrected chi connectivity index (χ1v) is 9.09. The van der Waals surface area contributed by atoms with Crippen molar-refractivity contribution in [1.29, 1.82) is 0 Å². The number of ether oxygens (including phenoxy) is 1. The normalized spacial score (nSPS) is 12.4. The lowest BCUT2D eigenvalue weighted by Gasteiger charge is -2.19. The summed E-state index contributed by atoms with van der Waals surface area (Å²) in [5, 5.41) is 0. The van der Waals surface area contributed by atoms with E-state index in [-0.39, 0.29) is 0 Å². The first kappa shape index (κ1) is 15.8. The summed E-state index contributed by atoms with van der Waals surface area (Å²) >= 11 is 0. The Morgan fingerprint density at radius 3 is 2.00 bits per heavy atom. The fourth-order valence-corrected chi connectivity index (χ4v) is 3.66. The number of fused-ring (bicyclic) bond motifs is 5. The Balaban J connectivity index is 0.000000119. The number of nitrogens with zero attached hydrogens (tertiary/aromatic N) is 2. The molecule has 0 atom stereocenters. The molecule has 130 valence electrons. The zero-order valence-electron chi connectivity index (χ0n) is 14.8. The molecule has 0 amide bonds. The van der Waals surface area contributed by atoms with Crippen LogP contribution in [-0.2, 0) is 12.8 Å². The van der Waals surface area contributed by atoms with Crippen LogP contribution < -0.4 is 4.74 Å². The lowest BCUT2D eigenvalue weighted by atomic mass is 10.0. The van der Waals surface area contributed by atoms with E-state index in [0.717, 1.165) is 30.0 Å². The maximum atomic E-state index is 5.78. The highest BCUT2D eigenvalue weighted by molar-refractivity contribution is 5.74. The molecule has 4 aromatic rings. The molecule has 1 aliphatic heterocycles. The molecule has 2 heterocycles. The van der Waals surface area contributed by atoms with Gasteiger partial charge in [-0.3, -0.25) is 0 Å². The molecule has 2 aliphatic rings. The summed E-state index contributed by atoms with van der Waals surface area (Å²) in [6, 6.07) is 24.8. The zero-order chi connectivity index (χ0) is 18.1. The van der Waals surface area contributed by atoms with E-state index in [4.69, 9.17) is 4.74 Å². The summed E-state index contributed by atoms with van der Waals surface area (Å²) in [4.78, 5) is 8.31. The fraction of sp³-hybridized carbons (Fsp3) is 0.0833. The maximum Gasteiger partial charge on any atom is 0.130 e. The first-order chi connectivity index (χ1) is 13.4. The summed E-state index contributed by atoms with van der Waals surface area (Å²) in [6.07, 6.45) is 5.44. The summed E-state index contributed by atoms with van der Waals surface area (Å²) < 4.78 is 5.78. The van der Waals surface area contributed by atoms with Gasteiger partial charge in [0.25, 0.3) is 0 Å². The van der Waals surface area contributed by atoms with Gasteiger partial charge in [-0.2, -0.15) is 0 Å². The maximum absolute atomic E-state index is 5.78. The van der Waals surface area contributed by atoms with Crippen LogP contribution in [0.15, 0.2) is 85.3 Å². The van der Waals surface area contributed by atoms with Crippen LogP contribution in [0.1, 0.15) is 22.4 Å². The monoisotopic (exact) mass is 350 g/mol. The second-order valence-electron chi connectivity index (χ2n) is 6.71. The number of hydrogen-bond acceptors (Lipinski definition) is 3. The molecule has 0 N–H and O–H groups in total. The average Bonchev–Trinajstić information content (AvgIpc) is 3.11. The van der Waals surface area contributed by atoms with Gasteiger partial charge in [0.15, 0.2) is 0 Å². The molecule has 0 fully saturated rings. The topological polar surface area (TPSA) is 35.0 Å². The van der Waals surface area contributed by atoms with Crippen LogP contribution in [-0.4, -0.2) is 9.97 Å². The van der Waals surface area contributed by atoms with Gasteiger partial charge in [-0.15, -0.1) is 0 Å². The molecular weight excluding hydrogens is 332 g/mol. The van der Waals surface area contributed by atoms with Crippen molar-refractivity contribution in [1.82, 2.24) is 9.97 Å². The first-order valence-electron chi connectivity index (χ1n) is 9.09. The molecule has 6 rings (SSSR count). The third-order valence-corrected chi connectivity index (χ3v) is 5.01. The summed E-state index contributed by atoms with van der Waals surface area (Å²) in [7, 11) is 0. The molecule has 27 heavy (non-hydrogen) atoms. The standard InChI is InChI=1S/C13H10O.C11H8N2/c1-3-7-12-10(5-1)9-11-6-2-4-8-13(11)14-12;1-2-4-9-8(3-1)5-11-10(9)6-12-7-13-11/h1-8H,9H2;1-4,6-7H,5H2. The van der Waals surface area contributed by atoms with E-state index in [1.165, 1.54) is 27.8 Å².